The van der Waals surface area contributed by atoms with Crippen LogP contribution in [0.4, 0.5) is 26.0 Å². The number of para-hydroxylation sites is 1. The second kappa shape index (κ2) is 7.56. The third kappa shape index (κ3) is 3.92. The molecule has 0 saturated heterocycles. The minimum atomic E-state index is -0.873. The Morgan fingerprint density at radius 1 is 1.04 bits per heavy atom. The SMILES string of the molecule is COc1cccc(Nc2cnc(C(=O)Nc3c(F)cccc3F)cn2)c1. The molecule has 0 saturated carbocycles. The first-order valence-corrected chi connectivity index (χ1v) is 7.55. The van der Waals surface area contributed by atoms with Crippen molar-refractivity contribution >= 4 is 23.1 Å². The summed E-state index contributed by atoms with van der Waals surface area (Å²) in [5, 5.41) is 5.16. The van der Waals surface area contributed by atoms with Crippen LogP contribution in [0.5, 0.6) is 5.75 Å². The van der Waals surface area contributed by atoms with Crippen LogP contribution in [0.15, 0.2) is 54.9 Å². The Hall–Kier alpha value is -3.55. The fraction of sp³-hybridized carbons (Fsp3) is 0.0556. The van der Waals surface area contributed by atoms with Gasteiger partial charge < -0.3 is 15.4 Å². The summed E-state index contributed by atoms with van der Waals surface area (Å²) in [6.07, 6.45) is 2.54. The van der Waals surface area contributed by atoms with Crippen LogP contribution in [-0.2, 0) is 0 Å². The largest absolute Gasteiger partial charge is 0.497 e. The van der Waals surface area contributed by atoms with Crippen molar-refractivity contribution in [2.24, 2.45) is 0 Å². The molecule has 0 radical (unpaired) electrons. The highest BCUT2D eigenvalue weighted by molar-refractivity contribution is 6.02. The molecule has 6 nitrogen and oxygen atoms in total. The van der Waals surface area contributed by atoms with E-state index in [-0.39, 0.29) is 5.69 Å². The smallest absolute Gasteiger partial charge is 0.276 e. The molecular weight excluding hydrogens is 342 g/mol. The molecule has 132 valence electrons. The summed E-state index contributed by atoms with van der Waals surface area (Å²) in [4.78, 5) is 20.1. The first kappa shape index (κ1) is 17.3. The second-order valence-electron chi connectivity index (χ2n) is 5.19. The Kier molecular flexibility index (Phi) is 5.02. The third-order valence-electron chi connectivity index (χ3n) is 3.43. The Morgan fingerprint density at radius 3 is 2.42 bits per heavy atom. The van der Waals surface area contributed by atoms with Gasteiger partial charge in [-0.1, -0.05) is 12.1 Å². The number of hydrogen-bond donors (Lipinski definition) is 2. The van der Waals surface area contributed by atoms with Gasteiger partial charge >= 0.3 is 0 Å². The molecule has 1 aromatic heterocycles. The summed E-state index contributed by atoms with van der Waals surface area (Å²) in [7, 11) is 1.56. The highest BCUT2D eigenvalue weighted by Gasteiger charge is 2.14. The van der Waals surface area contributed by atoms with Gasteiger partial charge in [0.2, 0.25) is 0 Å². The molecule has 0 atom stereocenters. The van der Waals surface area contributed by atoms with Crippen LogP contribution in [0.1, 0.15) is 10.5 Å². The van der Waals surface area contributed by atoms with E-state index in [2.05, 4.69) is 20.6 Å². The number of benzene rings is 2. The molecule has 0 aliphatic rings. The van der Waals surface area contributed by atoms with E-state index < -0.39 is 23.2 Å². The van der Waals surface area contributed by atoms with E-state index in [4.69, 9.17) is 4.74 Å². The fourth-order valence-electron chi connectivity index (χ4n) is 2.15. The normalized spacial score (nSPS) is 10.3. The summed E-state index contributed by atoms with van der Waals surface area (Å²) in [6.45, 7) is 0. The van der Waals surface area contributed by atoms with Crippen molar-refractivity contribution < 1.29 is 18.3 Å². The van der Waals surface area contributed by atoms with Crippen LogP contribution >= 0.6 is 0 Å². The lowest BCUT2D eigenvalue weighted by molar-refractivity contribution is 0.102. The first-order valence-electron chi connectivity index (χ1n) is 7.55. The van der Waals surface area contributed by atoms with Crippen molar-refractivity contribution in [3.63, 3.8) is 0 Å². The summed E-state index contributed by atoms with van der Waals surface area (Å²) in [5.41, 5.74) is 0.117. The topological polar surface area (TPSA) is 76.1 Å². The number of nitrogens with one attached hydrogen (secondary N) is 2. The Labute approximate surface area is 147 Å². The Bertz CT molecular complexity index is 912. The van der Waals surface area contributed by atoms with E-state index in [9.17, 15) is 13.6 Å². The highest BCUT2D eigenvalue weighted by atomic mass is 19.1. The number of nitrogens with zero attached hydrogens (tertiary/aromatic N) is 2. The molecule has 3 rings (SSSR count). The predicted molar refractivity (Wildman–Crippen MR) is 92.6 cm³/mol. The molecule has 0 spiro atoms. The number of aromatic nitrogens is 2. The molecule has 1 heterocycles. The van der Waals surface area contributed by atoms with Crippen LogP contribution in [0.2, 0.25) is 0 Å². The van der Waals surface area contributed by atoms with Crippen LogP contribution in [-0.4, -0.2) is 23.0 Å². The zero-order valence-corrected chi connectivity index (χ0v) is 13.7. The number of methoxy groups -OCH3 is 1. The molecule has 1 amide bonds. The van der Waals surface area contributed by atoms with E-state index >= 15 is 0 Å². The molecule has 3 aromatic rings. The van der Waals surface area contributed by atoms with Gasteiger partial charge in [-0.2, -0.15) is 0 Å². The molecule has 0 aliphatic carbocycles. The van der Waals surface area contributed by atoms with Crippen molar-refractivity contribution in [1.29, 1.82) is 0 Å². The van der Waals surface area contributed by atoms with Gasteiger partial charge in [-0.15, -0.1) is 0 Å². The van der Waals surface area contributed by atoms with E-state index in [1.807, 2.05) is 6.07 Å². The lowest BCUT2D eigenvalue weighted by Gasteiger charge is -2.09. The molecule has 8 heteroatoms. The van der Waals surface area contributed by atoms with Crippen molar-refractivity contribution in [2.75, 3.05) is 17.7 Å². The highest BCUT2D eigenvalue weighted by Crippen LogP contribution is 2.21. The monoisotopic (exact) mass is 356 g/mol. The van der Waals surface area contributed by atoms with Crippen molar-refractivity contribution in [3.8, 4) is 5.75 Å². The molecule has 26 heavy (non-hydrogen) atoms. The number of halogens is 2. The molecule has 0 fully saturated rings. The summed E-state index contributed by atoms with van der Waals surface area (Å²) >= 11 is 0. The predicted octanol–water partition coefficient (Wildman–Crippen LogP) is 3.76. The average Bonchev–Trinajstić information content (AvgIpc) is 2.65. The number of carbonyl (C=O) groups excluding carboxylic acids is 1. The molecular formula is C18H14F2N4O2. The first-order chi connectivity index (χ1) is 12.6. The van der Waals surface area contributed by atoms with Gasteiger partial charge in [-0.3, -0.25) is 4.79 Å². The van der Waals surface area contributed by atoms with Gasteiger partial charge in [0, 0.05) is 11.8 Å². The van der Waals surface area contributed by atoms with Crippen molar-refractivity contribution in [2.45, 2.75) is 0 Å². The van der Waals surface area contributed by atoms with Gasteiger partial charge in [0.15, 0.2) is 0 Å². The lowest BCUT2D eigenvalue weighted by atomic mass is 10.2. The molecule has 0 aliphatic heterocycles. The Morgan fingerprint density at radius 2 is 1.77 bits per heavy atom. The standard InChI is InChI=1S/C18H14F2N4O2/c1-26-12-5-2-4-11(8-12)23-16-10-21-15(9-22-16)18(25)24-17-13(19)6-3-7-14(17)20/h2-10H,1H3,(H,22,23)(H,24,25). The zero-order valence-electron chi connectivity index (χ0n) is 13.7. The number of amides is 1. The summed E-state index contributed by atoms with van der Waals surface area (Å²) < 4.78 is 32.3. The Balaban J connectivity index is 1.71. The van der Waals surface area contributed by atoms with Crippen LogP contribution in [0, 0.1) is 11.6 Å². The van der Waals surface area contributed by atoms with Crippen LogP contribution < -0.4 is 15.4 Å². The number of carbonyl (C=O) groups is 1. The average molecular weight is 356 g/mol. The fourth-order valence-corrected chi connectivity index (χ4v) is 2.15. The maximum atomic E-state index is 13.6. The maximum absolute atomic E-state index is 13.6. The second-order valence-corrected chi connectivity index (χ2v) is 5.19. The van der Waals surface area contributed by atoms with Gasteiger partial charge in [0.05, 0.1) is 19.5 Å². The maximum Gasteiger partial charge on any atom is 0.276 e. The van der Waals surface area contributed by atoms with E-state index in [0.717, 1.165) is 17.8 Å². The van der Waals surface area contributed by atoms with Crippen molar-refractivity contribution in [3.05, 3.63) is 72.2 Å². The van der Waals surface area contributed by atoms with Crippen molar-refractivity contribution in [1.82, 2.24) is 9.97 Å². The zero-order chi connectivity index (χ0) is 18.5. The number of hydrogen-bond acceptors (Lipinski definition) is 5. The number of ether oxygens (including phenoxy) is 1. The number of rotatable bonds is 5. The molecule has 0 unspecified atom stereocenters. The van der Waals surface area contributed by atoms with Gasteiger partial charge in [0.1, 0.15) is 34.6 Å². The third-order valence-corrected chi connectivity index (χ3v) is 3.43. The summed E-state index contributed by atoms with van der Waals surface area (Å²) in [5.74, 6) is -1.45. The van der Waals surface area contributed by atoms with E-state index in [0.29, 0.717) is 11.6 Å². The van der Waals surface area contributed by atoms with Gasteiger partial charge in [-0.25, -0.2) is 18.7 Å². The van der Waals surface area contributed by atoms with Gasteiger partial charge in [-0.05, 0) is 24.3 Å². The molecule has 2 aromatic carbocycles. The molecule has 0 bridgehead atoms. The van der Waals surface area contributed by atoms with Crippen LogP contribution in [0.3, 0.4) is 0 Å². The summed E-state index contributed by atoms with van der Waals surface area (Å²) in [6, 6.07) is 10.5. The molecule has 2 N–H and O–H groups in total. The van der Waals surface area contributed by atoms with Gasteiger partial charge in [0.25, 0.3) is 5.91 Å². The van der Waals surface area contributed by atoms with E-state index in [1.165, 1.54) is 18.5 Å². The minimum absolute atomic E-state index is 0.0798. The lowest BCUT2D eigenvalue weighted by Crippen LogP contribution is -2.16. The number of anilines is 3. The minimum Gasteiger partial charge on any atom is -0.497 e. The van der Waals surface area contributed by atoms with Crippen LogP contribution in [0.25, 0.3) is 0 Å². The van der Waals surface area contributed by atoms with E-state index in [1.54, 1.807) is 25.3 Å². The quantitative estimate of drug-likeness (QED) is 0.728.